The van der Waals surface area contributed by atoms with Gasteiger partial charge in [0.1, 0.15) is 0 Å². The van der Waals surface area contributed by atoms with Crippen LogP contribution in [0.2, 0.25) is 0 Å². The van der Waals surface area contributed by atoms with Gasteiger partial charge in [-0.2, -0.15) is 0 Å². The maximum absolute atomic E-state index is 5.94. The second kappa shape index (κ2) is 6.11. The molecule has 1 atom stereocenters. The van der Waals surface area contributed by atoms with Crippen molar-refractivity contribution in [2.24, 2.45) is 5.73 Å². The van der Waals surface area contributed by atoms with Gasteiger partial charge in [-0.05, 0) is 24.9 Å². The van der Waals surface area contributed by atoms with Gasteiger partial charge in [0.05, 0.1) is 0 Å². The van der Waals surface area contributed by atoms with Crippen LogP contribution in [-0.4, -0.2) is 24.0 Å². The average Bonchev–Trinajstić information content (AvgIpc) is 2.19. The minimum atomic E-state index is 0. The van der Waals surface area contributed by atoms with Crippen molar-refractivity contribution in [1.82, 2.24) is 4.90 Å². The van der Waals surface area contributed by atoms with Gasteiger partial charge in [-0.1, -0.05) is 30.3 Å². The quantitative estimate of drug-likeness (QED) is 0.836. The standard InChI is InChI=1S/C12H18N2.ClH/c13-12-7-4-8-14(10-12)9-11-5-2-1-3-6-11;/h1-3,5-6,12H,4,7-10,13H2;1H. The van der Waals surface area contributed by atoms with Crippen molar-refractivity contribution in [3.8, 4) is 0 Å². The van der Waals surface area contributed by atoms with E-state index in [1.165, 1.54) is 24.9 Å². The SMILES string of the molecule is Cl.NC1CCCN(Cc2ccccc2)C1. The van der Waals surface area contributed by atoms with Crippen molar-refractivity contribution < 1.29 is 0 Å². The van der Waals surface area contributed by atoms with Gasteiger partial charge in [-0.15, -0.1) is 12.4 Å². The van der Waals surface area contributed by atoms with E-state index in [4.69, 9.17) is 5.73 Å². The van der Waals surface area contributed by atoms with Crippen LogP contribution in [0, 0.1) is 0 Å². The number of nitrogens with two attached hydrogens (primary N) is 1. The number of likely N-dealkylation sites (tertiary alicyclic amines) is 1. The van der Waals surface area contributed by atoms with Gasteiger partial charge in [0, 0.05) is 19.1 Å². The smallest absolute Gasteiger partial charge is 0.0234 e. The Balaban J connectivity index is 0.00000112. The first-order valence-corrected chi connectivity index (χ1v) is 5.36. The Labute approximate surface area is 97.9 Å². The highest BCUT2D eigenvalue weighted by atomic mass is 35.5. The second-order valence-electron chi connectivity index (χ2n) is 4.12. The van der Waals surface area contributed by atoms with E-state index in [9.17, 15) is 0 Å². The molecule has 0 amide bonds. The van der Waals surface area contributed by atoms with Gasteiger partial charge >= 0.3 is 0 Å². The maximum atomic E-state index is 5.94. The molecule has 3 heteroatoms. The molecule has 1 fully saturated rings. The van der Waals surface area contributed by atoms with Crippen molar-refractivity contribution in [2.45, 2.75) is 25.4 Å². The summed E-state index contributed by atoms with van der Waals surface area (Å²) in [6, 6.07) is 11.0. The molecular weight excluding hydrogens is 208 g/mol. The number of halogens is 1. The fraction of sp³-hybridized carbons (Fsp3) is 0.500. The zero-order valence-electron chi connectivity index (χ0n) is 8.93. The highest BCUT2D eigenvalue weighted by Gasteiger charge is 2.15. The van der Waals surface area contributed by atoms with Gasteiger partial charge in [-0.25, -0.2) is 0 Å². The van der Waals surface area contributed by atoms with Gasteiger partial charge in [0.25, 0.3) is 0 Å². The van der Waals surface area contributed by atoms with Crippen molar-refractivity contribution in [3.63, 3.8) is 0 Å². The fourth-order valence-electron chi connectivity index (χ4n) is 2.08. The number of piperidine rings is 1. The molecule has 0 aliphatic carbocycles. The Morgan fingerprint density at radius 3 is 2.67 bits per heavy atom. The topological polar surface area (TPSA) is 29.3 Å². The first kappa shape index (κ1) is 12.5. The highest BCUT2D eigenvalue weighted by Crippen LogP contribution is 2.11. The molecule has 1 heterocycles. The van der Waals surface area contributed by atoms with Crippen LogP contribution in [0.4, 0.5) is 0 Å². The molecule has 1 aliphatic rings. The van der Waals surface area contributed by atoms with Crippen molar-refractivity contribution in [2.75, 3.05) is 13.1 Å². The third kappa shape index (κ3) is 3.82. The number of hydrogen-bond acceptors (Lipinski definition) is 2. The number of benzene rings is 1. The molecule has 1 aromatic carbocycles. The van der Waals surface area contributed by atoms with Crippen LogP contribution < -0.4 is 5.73 Å². The molecule has 15 heavy (non-hydrogen) atoms. The minimum Gasteiger partial charge on any atom is -0.327 e. The molecule has 0 aromatic heterocycles. The molecule has 0 saturated carbocycles. The Hall–Kier alpha value is -0.570. The zero-order chi connectivity index (χ0) is 9.80. The van der Waals surface area contributed by atoms with E-state index < -0.39 is 0 Å². The fourth-order valence-corrected chi connectivity index (χ4v) is 2.08. The highest BCUT2D eigenvalue weighted by molar-refractivity contribution is 5.85. The van der Waals surface area contributed by atoms with E-state index in [2.05, 4.69) is 35.2 Å². The third-order valence-corrected chi connectivity index (χ3v) is 2.79. The normalized spacial score (nSPS) is 22.1. The lowest BCUT2D eigenvalue weighted by molar-refractivity contribution is 0.201. The van der Waals surface area contributed by atoms with Gasteiger partial charge in [0.15, 0.2) is 0 Å². The van der Waals surface area contributed by atoms with E-state index in [1.54, 1.807) is 0 Å². The zero-order valence-corrected chi connectivity index (χ0v) is 9.75. The minimum absolute atomic E-state index is 0. The molecular formula is C12H19ClN2. The monoisotopic (exact) mass is 226 g/mol. The second-order valence-corrected chi connectivity index (χ2v) is 4.12. The molecule has 2 N–H and O–H groups in total. The van der Waals surface area contributed by atoms with Crippen LogP contribution in [0.5, 0.6) is 0 Å². The Morgan fingerprint density at radius 1 is 1.27 bits per heavy atom. The molecule has 1 unspecified atom stereocenters. The lowest BCUT2D eigenvalue weighted by Gasteiger charge is -2.30. The first-order chi connectivity index (χ1) is 6.84. The Morgan fingerprint density at radius 2 is 2.00 bits per heavy atom. The summed E-state index contributed by atoms with van der Waals surface area (Å²) in [6.07, 6.45) is 2.43. The predicted octanol–water partition coefficient (Wildman–Crippen LogP) is 2.03. The largest absolute Gasteiger partial charge is 0.327 e. The molecule has 2 nitrogen and oxygen atoms in total. The summed E-state index contributed by atoms with van der Waals surface area (Å²) < 4.78 is 0. The summed E-state index contributed by atoms with van der Waals surface area (Å²) >= 11 is 0. The Kier molecular flexibility index (Phi) is 5.09. The molecule has 1 saturated heterocycles. The van der Waals surface area contributed by atoms with Crippen LogP contribution in [0.15, 0.2) is 30.3 Å². The average molecular weight is 227 g/mol. The van der Waals surface area contributed by atoms with Gasteiger partial charge in [-0.3, -0.25) is 4.90 Å². The summed E-state index contributed by atoms with van der Waals surface area (Å²) in [5.74, 6) is 0. The molecule has 84 valence electrons. The number of nitrogens with zero attached hydrogens (tertiary/aromatic N) is 1. The molecule has 0 spiro atoms. The summed E-state index contributed by atoms with van der Waals surface area (Å²) in [5, 5.41) is 0. The summed E-state index contributed by atoms with van der Waals surface area (Å²) in [4.78, 5) is 2.45. The van der Waals surface area contributed by atoms with Crippen LogP contribution >= 0.6 is 12.4 Å². The van der Waals surface area contributed by atoms with Gasteiger partial charge in [0.2, 0.25) is 0 Å². The van der Waals surface area contributed by atoms with Crippen LogP contribution in [0.3, 0.4) is 0 Å². The molecule has 0 radical (unpaired) electrons. The third-order valence-electron chi connectivity index (χ3n) is 2.79. The lowest BCUT2D eigenvalue weighted by Crippen LogP contribution is -2.42. The lowest BCUT2D eigenvalue weighted by atomic mass is 10.1. The van der Waals surface area contributed by atoms with Crippen LogP contribution in [0.25, 0.3) is 0 Å². The van der Waals surface area contributed by atoms with Gasteiger partial charge < -0.3 is 5.73 Å². The predicted molar refractivity (Wildman–Crippen MR) is 66.2 cm³/mol. The number of hydrogen-bond donors (Lipinski definition) is 1. The molecule has 2 rings (SSSR count). The van der Waals surface area contributed by atoms with Crippen LogP contribution in [0.1, 0.15) is 18.4 Å². The molecule has 0 bridgehead atoms. The van der Waals surface area contributed by atoms with E-state index in [0.29, 0.717) is 6.04 Å². The van der Waals surface area contributed by atoms with Crippen molar-refractivity contribution in [3.05, 3.63) is 35.9 Å². The number of rotatable bonds is 2. The summed E-state index contributed by atoms with van der Waals surface area (Å²) in [7, 11) is 0. The van der Waals surface area contributed by atoms with E-state index >= 15 is 0 Å². The van der Waals surface area contributed by atoms with E-state index in [1.807, 2.05) is 0 Å². The first-order valence-electron chi connectivity index (χ1n) is 5.36. The molecule has 1 aromatic rings. The summed E-state index contributed by atoms with van der Waals surface area (Å²) in [6.45, 7) is 3.30. The van der Waals surface area contributed by atoms with E-state index in [-0.39, 0.29) is 12.4 Å². The van der Waals surface area contributed by atoms with E-state index in [0.717, 1.165) is 13.1 Å². The maximum Gasteiger partial charge on any atom is 0.0234 e. The van der Waals surface area contributed by atoms with Crippen molar-refractivity contribution in [1.29, 1.82) is 0 Å². The van der Waals surface area contributed by atoms with Crippen molar-refractivity contribution >= 4 is 12.4 Å². The summed E-state index contributed by atoms with van der Waals surface area (Å²) in [5.41, 5.74) is 7.33. The Bertz CT molecular complexity index is 276. The molecule has 1 aliphatic heterocycles. The van der Waals surface area contributed by atoms with Crippen LogP contribution in [-0.2, 0) is 6.54 Å².